The van der Waals surface area contributed by atoms with Crippen LogP contribution in [0.1, 0.15) is 17.5 Å². The first-order valence-corrected chi connectivity index (χ1v) is 5.98. The Hall–Kier alpha value is -1.55. The van der Waals surface area contributed by atoms with Crippen LogP contribution in [-0.4, -0.2) is 42.7 Å². The molecule has 100 valence electrons. The molecule has 0 saturated carbocycles. The fraction of sp³-hybridized carbons (Fsp3) is 0.500. The Kier molecular flexibility index (Phi) is 5.16. The summed E-state index contributed by atoms with van der Waals surface area (Å²) < 4.78 is 5.74. The number of hydrogen-bond acceptors (Lipinski definition) is 3. The van der Waals surface area contributed by atoms with Gasteiger partial charge in [0.25, 0.3) is 0 Å². The quantitative estimate of drug-likeness (QED) is 0.841. The zero-order valence-corrected chi connectivity index (χ0v) is 11.4. The molecule has 1 rings (SSSR count). The van der Waals surface area contributed by atoms with E-state index >= 15 is 0 Å². The Bertz CT molecular complexity index is 416. The third-order valence-corrected chi connectivity index (χ3v) is 2.92. The molecule has 4 nitrogen and oxygen atoms in total. The lowest BCUT2D eigenvalue weighted by Crippen LogP contribution is -2.35. The fourth-order valence-corrected chi connectivity index (χ4v) is 1.64. The number of carboxylic acids is 1. The molecule has 0 radical (unpaired) electrons. The molecule has 4 heteroatoms. The lowest BCUT2D eigenvalue weighted by molar-refractivity contribution is -0.138. The molecule has 18 heavy (non-hydrogen) atoms. The molecule has 0 aromatic heterocycles. The van der Waals surface area contributed by atoms with Gasteiger partial charge in [0.05, 0.1) is 12.5 Å². The second-order valence-corrected chi connectivity index (χ2v) is 4.80. The number of carbonyl (C=O) groups is 1. The van der Waals surface area contributed by atoms with Gasteiger partial charge >= 0.3 is 5.97 Å². The molecule has 0 saturated heterocycles. The van der Waals surface area contributed by atoms with Crippen LogP contribution in [0.5, 0.6) is 5.75 Å². The first-order chi connectivity index (χ1) is 8.40. The number of likely N-dealkylation sites (N-methyl/N-ethyl adjacent to an activating group) is 1. The summed E-state index contributed by atoms with van der Waals surface area (Å²) in [5.74, 6) is 0.0190. The van der Waals surface area contributed by atoms with Crippen molar-refractivity contribution >= 4 is 5.97 Å². The summed E-state index contributed by atoms with van der Waals surface area (Å²) in [5.41, 5.74) is 2.20. The van der Waals surface area contributed by atoms with Crippen LogP contribution < -0.4 is 4.74 Å². The normalized spacial score (nSPS) is 12.5. The molecular formula is C14H21NO3. The minimum absolute atomic E-state index is 0.0812. The lowest BCUT2D eigenvalue weighted by Gasteiger charge is -2.23. The summed E-state index contributed by atoms with van der Waals surface area (Å²) in [6.45, 7) is 4.37. The highest BCUT2D eigenvalue weighted by Gasteiger charge is 2.16. The number of benzene rings is 1. The van der Waals surface area contributed by atoms with Gasteiger partial charge in [-0.25, -0.2) is 0 Å². The maximum Gasteiger partial charge on any atom is 0.305 e. The van der Waals surface area contributed by atoms with E-state index in [4.69, 9.17) is 9.84 Å². The number of aryl methyl sites for hydroxylation is 2. The number of hydrogen-bond donors (Lipinski definition) is 1. The van der Waals surface area contributed by atoms with E-state index in [2.05, 4.69) is 0 Å². The van der Waals surface area contributed by atoms with E-state index in [0.29, 0.717) is 6.61 Å². The summed E-state index contributed by atoms with van der Waals surface area (Å²) in [5, 5.41) is 8.85. The number of aliphatic carboxylic acids is 1. The minimum atomic E-state index is -0.807. The van der Waals surface area contributed by atoms with Gasteiger partial charge in [0.15, 0.2) is 0 Å². The van der Waals surface area contributed by atoms with Crippen LogP contribution in [0, 0.1) is 13.8 Å². The Morgan fingerprint density at radius 3 is 2.61 bits per heavy atom. The van der Waals surface area contributed by atoms with Gasteiger partial charge in [-0.3, -0.25) is 4.79 Å². The van der Waals surface area contributed by atoms with Crippen molar-refractivity contribution in [1.29, 1.82) is 0 Å². The molecule has 0 fully saturated rings. The zero-order chi connectivity index (χ0) is 13.7. The molecular weight excluding hydrogens is 230 g/mol. The number of nitrogens with zero attached hydrogens (tertiary/aromatic N) is 1. The van der Waals surface area contributed by atoms with Gasteiger partial charge in [-0.2, -0.15) is 0 Å². The molecule has 1 N–H and O–H groups in total. The van der Waals surface area contributed by atoms with Gasteiger partial charge in [-0.1, -0.05) is 12.1 Å². The van der Waals surface area contributed by atoms with Crippen molar-refractivity contribution in [3.05, 3.63) is 29.3 Å². The number of rotatable bonds is 6. The van der Waals surface area contributed by atoms with Crippen LogP contribution in [0.3, 0.4) is 0 Å². The van der Waals surface area contributed by atoms with E-state index in [1.165, 1.54) is 0 Å². The maximum absolute atomic E-state index is 10.8. The van der Waals surface area contributed by atoms with Gasteiger partial charge in [0, 0.05) is 0 Å². The van der Waals surface area contributed by atoms with Gasteiger partial charge in [-0.15, -0.1) is 0 Å². The SMILES string of the molecule is Cc1ccc(C)c(OCC(CC(=O)O)N(C)C)c1. The molecule has 0 heterocycles. The molecule has 1 unspecified atom stereocenters. The predicted molar refractivity (Wildman–Crippen MR) is 71.1 cm³/mol. The Balaban J connectivity index is 2.66. The van der Waals surface area contributed by atoms with Crippen molar-refractivity contribution in [3.63, 3.8) is 0 Å². The highest BCUT2D eigenvalue weighted by molar-refractivity contribution is 5.67. The van der Waals surface area contributed by atoms with E-state index in [1.807, 2.05) is 51.0 Å². The molecule has 0 amide bonds. The zero-order valence-electron chi connectivity index (χ0n) is 11.4. The van der Waals surface area contributed by atoms with Crippen molar-refractivity contribution in [3.8, 4) is 5.75 Å². The molecule has 0 aliphatic heterocycles. The standard InChI is InChI=1S/C14H21NO3/c1-10-5-6-11(2)13(7-10)18-9-12(15(3)4)8-14(16)17/h5-7,12H,8-9H2,1-4H3,(H,16,17). The lowest BCUT2D eigenvalue weighted by atomic mass is 10.1. The summed E-state index contributed by atoms with van der Waals surface area (Å²) in [6.07, 6.45) is 0.0812. The molecule has 0 aliphatic rings. The van der Waals surface area contributed by atoms with Crippen LogP contribution in [0.25, 0.3) is 0 Å². The van der Waals surface area contributed by atoms with E-state index < -0.39 is 5.97 Å². The van der Waals surface area contributed by atoms with E-state index in [0.717, 1.165) is 16.9 Å². The minimum Gasteiger partial charge on any atom is -0.492 e. The molecule has 1 atom stereocenters. The van der Waals surface area contributed by atoms with Gasteiger partial charge < -0.3 is 14.7 Å². The third-order valence-electron chi connectivity index (χ3n) is 2.92. The van der Waals surface area contributed by atoms with Crippen LogP contribution in [0.2, 0.25) is 0 Å². The van der Waals surface area contributed by atoms with Gasteiger partial charge in [0.1, 0.15) is 12.4 Å². The van der Waals surface area contributed by atoms with E-state index in [1.54, 1.807) is 0 Å². The topological polar surface area (TPSA) is 49.8 Å². The van der Waals surface area contributed by atoms with Crippen LogP contribution in [-0.2, 0) is 4.79 Å². The van der Waals surface area contributed by atoms with Crippen molar-refractivity contribution in [2.75, 3.05) is 20.7 Å². The van der Waals surface area contributed by atoms with Gasteiger partial charge in [0.2, 0.25) is 0 Å². The van der Waals surface area contributed by atoms with Gasteiger partial charge in [-0.05, 0) is 45.1 Å². The van der Waals surface area contributed by atoms with Crippen molar-refractivity contribution in [2.24, 2.45) is 0 Å². The molecule has 0 bridgehead atoms. The summed E-state index contributed by atoms with van der Waals surface area (Å²) in [4.78, 5) is 12.6. The molecule has 0 spiro atoms. The number of carboxylic acid groups (broad SMARTS) is 1. The smallest absolute Gasteiger partial charge is 0.305 e. The Labute approximate surface area is 108 Å². The largest absolute Gasteiger partial charge is 0.492 e. The molecule has 1 aromatic rings. The number of ether oxygens (including phenoxy) is 1. The first-order valence-electron chi connectivity index (χ1n) is 5.98. The Morgan fingerprint density at radius 1 is 1.39 bits per heavy atom. The summed E-state index contributed by atoms with van der Waals surface area (Å²) in [7, 11) is 3.72. The second-order valence-electron chi connectivity index (χ2n) is 4.80. The van der Waals surface area contributed by atoms with Crippen molar-refractivity contribution in [2.45, 2.75) is 26.3 Å². The molecule has 0 aliphatic carbocycles. The second kappa shape index (κ2) is 6.40. The summed E-state index contributed by atoms with van der Waals surface area (Å²) in [6, 6.07) is 5.89. The third kappa shape index (κ3) is 4.37. The van der Waals surface area contributed by atoms with Crippen molar-refractivity contribution in [1.82, 2.24) is 4.90 Å². The Morgan fingerprint density at radius 2 is 2.06 bits per heavy atom. The van der Waals surface area contributed by atoms with E-state index in [-0.39, 0.29) is 12.5 Å². The van der Waals surface area contributed by atoms with E-state index in [9.17, 15) is 4.79 Å². The van der Waals surface area contributed by atoms with Crippen molar-refractivity contribution < 1.29 is 14.6 Å². The average Bonchev–Trinajstić information content (AvgIpc) is 2.27. The maximum atomic E-state index is 10.8. The average molecular weight is 251 g/mol. The highest BCUT2D eigenvalue weighted by Crippen LogP contribution is 2.19. The molecule has 1 aromatic carbocycles. The first kappa shape index (κ1) is 14.5. The predicted octanol–water partition coefficient (Wildman–Crippen LogP) is 2.09. The van der Waals surface area contributed by atoms with Crippen LogP contribution in [0.4, 0.5) is 0 Å². The monoisotopic (exact) mass is 251 g/mol. The van der Waals surface area contributed by atoms with Crippen LogP contribution >= 0.6 is 0 Å². The summed E-state index contributed by atoms with van der Waals surface area (Å²) >= 11 is 0. The fourth-order valence-electron chi connectivity index (χ4n) is 1.64. The van der Waals surface area contributed by atoms with Crippen LogP contribution in [0.15, 0.2) is 18.2 Å². The highest BCUT2D eigenvalue weighted by atomic mass is 16.5.